The Hall–Kier alpha value is -1.22. The summed E-state index contributed by atoms with van der Waals surface area (Å²) in [4.78, 5) is 4.68. The standard InChI is InChI=1S/C13H21N3/c1-10-4-5-13(12(14)8-10)16(3)11-6-7-15(2)9-11/h4-5,8,11H,6-7,9,14H2,1-3H3. The number of nitrogens with zero attached hydrogens (tertiary/aromatic N) is 2. The van der Waals surface area contributed by atoms with Crippen LogP contribution in [0.25, 0.3) is 0 Å². The van der Waals surface area contributed by atoms with Crippen LogP contribution in [0.3, 0.4) is 0 Å². The summed E-state index contributed by atoms with van der Waals surface area (Å²) >= 11 is 0. The van der Waals surface area contributed by atoms with Gasteiger partial charge in [-0.05, 0) is 44.6 Å². The van der Waals surface area contributed by atoms with Crippen LogP contribution in [0, 0.1) is 6.92 Å². The normalized spacial score (nSPS) is 21.3. The van der Waals surface area contributed by atoms with Gasteiger partial charge in [0, 0.05) is 19.6 Å². The van der Waals surface area contributed by atoms with Crippen molar-refractivity contribution in [2.45, 2.75) is 19.4 Å². The third-order valence-electron chi connectivity index (χ3n) is 3.48. The predicted molar refractivity (Wildman–Crippen MR) is 69.9 cm³/mol. The van der Waals surface area contributed by atoms with Gasteiger partial charge in [-0.1, -0.05) is 6.07 Å². The van der Waals surface area contributed by atoms with E-state index in [1.165, 1.54) is 18.5 Å². The van der Waals surface area contributed by atoms with Gasteiger partial charge in [0.15, 0.2) is 0 Å². The number of likely N-dealkylation sites (N-methyl/N-ethyl adjacent to an activating group) is 2. The molecule has 1 atom stereocenters. The van der Waals surface area contributed by atoms with Crippen LogP contribution >= 0.6 is 0 Å². The molecule has 3 nitrogen and oxygen atoms in total. The van der Waals surface area contributed by atoms with Crippen molar-refractivity contribution in [1.29, 1.82) is 0 Å². The summed E-state index contributed by atoms with van der Waals surface area (Å²) in [5.41, 5.74) is 9.33. The molecule has 1 heterocycles. The highest BCUT2D eigenvalue weighted by atomic mass is 15.2. The number of likely N-dealkylation sites (tertiary alicyclic amines) is 1. The van der Waals surface area contributed by atoms with Gasteiger partial charge in [0.25, 0.3) is 0 Å². The zero-order chi connectivity index (χ0) is 11.7. The molecule has 0 aromatic heterocycles. The van der Waals surface area contributed by atoms with Crippen molar-refractivity contribution in [2.75, 3.05) is 37.8 Å². The lowest BCUT2D eigenvalue weighted by Crippen LogP contribution is -2.34. The van der Waals surface area contributed by atoms with E-state index in [-0.39, 0.29) is 0 Å². The Morgan fingerprint density at radius 3 is 2.75 bits per heavy atom. The Morgan fingerprint density at radius 2 is 2.19 bits per heavy atom. The van der Waals surface area contributed by atoms with Crippen molar-refractivity contribution >= 4 is 11.4 Å². The minimum absolute atomic E-state index is 0.593. The average molecular weight is 219 g/mol. The number of nitrogens with two attached hydrogens (primary N) is 1. The second-order valence-corrected chi connectivity index (χ2v) is 4.88. The van der Waals surface area contributed by atoms with Crippen LogP contribution in [0.2, 0.25) is 0 Å². The van der Waals surface area contributed by atoms with Gasteiger partial charge < -0.3 is 15.5 Å². The van der Waals surface area contributed by atoms with E-state index in [1.807, 2.05) is 6.07 Å². The fourth-order valence-electron chi connectivity index (χ4n) is 2.42. The number of anilines is 2. The van der Waals surface area contributed by atoms with Gasteiger partial charge in [0.2, 0.25) is 0 Å². The summed E-state index contributed by atoms with van der Waals surface area (Å²) in [6.07, 6.45) is 1.22. The zero-order valence-corrected chi connectivity index (χ0v) is 10.4. The van der Waals surface area contributed by atoms with Gasteiger partial charge >= 0.3 is 0 Å². The molecule has 88 valence electrons. The molecule has 1 aromatic rings. The highest BCUT2D eigenvalue weighted by Crippen LogP contribution is 2.27. The van der Waals surface area contributed by atoms with E-state index in [9.17, 15) is 0 Å². The number of aryl methyl sites for hydroxylation is 1. The Kier molecular flexibility index (Phi) is 3.06. The quantitative estimate of drug-likeness (QED) is 0.769. The Morgan fingerprint density at radius 1 is 1.44 bits per heavy atom. The number of benzene rings is 1. The van der Waals surface area contributed by atoms with Crippen molar-refractivity contribution in [3.8, 4) is 0 Å². The van der Waals surface area contributed by atoms with Gasteiger partial charge in [-0.15, -0.1) is 0 Å². The molecule has 0 aliphatic carbocycles. The molecule has 1 aromatic carbocycles. The highest BCUT2D eigenvalue weighted by Gasteiger charge is 2.24. The lowest BCUT2D eigenvalue weighted by molar-refractivity contribution is 0.409. The first-order valence-corrected chi connectivity index (χ1v) is 5.85. The molecule has 1 unspecified atom stereocenters. The van der Waals surface area contributed by atoms with E-state index in [1.54, 1.807) is 0 Å². The predicted octanol–water partition coefficient (Wildman–Crippen LogP) is 1.72. The summed E-state index contributed by atoms with van der Waals surface area (Å²) in [5, 5.41) is 0. The molecule has 1 fully saturated rings. The van der Waals surface area contributed by atoms with Crippen LogP contribution in [0.1, 0.15) is 12.0 Å². The molecule has 0 saturated carbocycles. The van der Waals surface area contributed by atoms with E-state index in [4.69, 9.17) is 5.73 Å². The largest absolute Gasteiger partial charge is 0.397 e. The fraction of sp³-hybridized carbons (Fsp3) is 0.538. The first kappa shape index (κ1) is 11.3. The maximum absolute atomic E-state index is 6.07. The molecule has 0 spiro atoms. The van der Waals surface area contributed by atoms with Crippen LogP contribution < -0.4 is 10.6 Å². The molecule has 3 heteroatoms. The monoisotopic (exact) mass is 219 g/mol. The van der Waals surface area contributed by atoms with Crippen LogP contribution in [-0.2, 0) is 0 Å². The van der Waals surface area contributed by atoms with E-state index in [0.29, 0.717) is 6.04 Å². The van der Waals surface area contributed by atoms with Gasteiger partial charge in [-0.25, -0.2) is 0 Å². The topological polar surface area (TPSA) is 32.5 Å². The maximum Gasteiger partial charge on any atom is 0.0600 e. The number of nitrogen functional groups attached to an aromatic ring is 1. The molecule has 1 saturated heterocycles. The molecular formula is C13H21N3. The molecular weight excluding hydrogens is 198 g/mol. The Bertz CT molecular complexity index is 375. The summed E-state index contributed by atoms with van der Waals surface area (Å²) < 4.78 is 0. The number of hydrogen-bond donors (Lipinski definition) is 1. The van der Waals surface area contributed by atoms with Crippen molar-refractivity contribution in [1.82, 2.24) is 4.90 Å². The van der Waals surface area contributed by atoms with Gasteiger partial charge in [-0.2, -0.15) is 0 Å². The van der Waals surface area contributed by atoms with Crippen molar-refractivity contribution < 1.29 is 0 Å². The maximum atomic E-state index is 6.07. The van der Waals surface area contributed by atoms with E-state index in [0.717, 1.165) is 17.9 Å². The van der Waals surface area contributed by atoms with Crippen molar-refractivity contribution in [3.05, 3.63) is 23.8 Å². The molecule has 0 radical (unpaired) electrons. The summed E-state index contributed by atoms with van der Waals surface area (Å²) in [5.74, 6) is 0. The van der Waals surface area contributed by atoms with Crippen LogP contribution in [0.4, 0.5) is 11.4 Å². The summed E-state index contributed by atoms with van der Waals surface area (Å²) in [6, 6.07) is 6.89. The first-order valence-electron chi connectivity index (χ1n) is 5.85. The van der Waals surface area contributed by atoms with E-state index >= 15 is 0 Å². The van der Waals surface area contributed by atoms with Crippen molar-refractivity contribution in [3.63, 3.8) is 0 Å². The Labute approximate surface area is 97.8 Å². The molecule has 16 heavy (non-hydrogen) atoms. The first-order chi connectivity index (χ1) is 7.58. The minimum atomic E-state index is 0.593. The second-order valence-electron chi connectivity index (χ2n) is 4.88. The van der Waals surface area contributed by atoms with E-state index < -0.39 is 0 Å². The van der Waals surface area contributed by atoms with Crippen LogP contribution in [0.15, 0.2) is 18.2 Å². The smallest absolute Gasteiger partial charge is 0.0600 e. The molecule has 1 aliphatic rings. The molecule has 2 rings (SSSR count). The molecule has 0 amide bonds. The molecule has 1 aliphatic heterocycles. The highest BCUT2D eigenvalue weighted by molar-refractivity contribution is 5.68. The third kappa shape index (κ3) is 2.14. The minimum Gasteiger partial charge on any atom is -0.397 e. The van der Waals surface area contributed by atoms with Crippen LogP contribution in [0.5, 0.6) is 0 Å². The number of rotatable bonds is 2. The molecule has 2 N–H and O–H groups in total. The van der Waals surface area contributed by atoms with Gasteiger partial charge in [-0.3, -0.25) is 0 Å². The lowest BCUT2D eigenvalue weighted by atomic mass is 10.1. The Balaban J connectivity index is 2.17. The lowest BCUT2D eigenvalue weighted by Gasteiger charge is -2.28. The van der Waals surface area contributed by atoms with Gasteiger partial charge in [0.1, 0.15) is 0 Å². The zero-order valence-electron chi connectivity index (χ0n) is 10.4. The SMILES string of the molecule is Cc1ccc(N(C)C2CCN(C)C2)c(N)c1. The average Bonchev–Trinajstić information content (AvgIpc) is 2.64. The van der Waals surface area contributed by atoms with Gasteiger partial charge in [0.05, 0.1) is 11.4 Å². The van der Waals surface area contributed by atoms with Crippen LogP contribution in [-0.4, -0.2) is 38.1 Å². The summed E-state index contributed by atoms with van der Waals surface area (Å²) in [7, 11) is 4.32. The van der Waals surface area contributed by atoms with Crippen molar-refractivity contribution in [2.24, 2.45) is 0 Å². The third-order valence-corrected chi connectivity index (χ3v) is 3.48. The number of hydrogen-bond acceptors (Lipinski definition) is 3. The van der Waals surface area contributed by atoms with E-state index in [2.05, 4.69) is 43.0 Å². The molecule has 0 bridgehead atoms. The fourth-order valence-corrected chi connectivity index (χ4v) is 2.42. The second kappa shape index (κ2) is 4.34. The summed E-state index contributed by atoms with van der Waals surface area (Å²) in [6.45, 7) is 4.38.